The predicted molar refractivity (Wildman–Crippen MR) is 100 cm³/mol. The highest BCUT2D eigenvalue weighted by Gasteiger charge is 2.28. The molecule has 1 heterocycles. The molecule has 0 amide bonds. The van der Waals surface area contributed by atoms with Crippen molar-refractivity contribution in [2.75, 3.05) is 4.72 Å². The number of rotatable bonds is 8. The largest absolute Gasteiger partial charge is 0.458 e. The number of ether oxygens (including phenoxy) is 1. The number of carbonyl (C=O) groups is 1. The van der Waals surface area contributed by atoms with Crippen LogP contribution in [0.5, 0.6) is 0 Å². The maximum Gasteiger partial charge on any atom is 0.303 e. The summed E-state index contributed by atoms with van der Waals surface area (Å²) in [5.41, 5.74) is 6.67. The first-order chi connectivity index (χ1) is 12.3. The summed E-state index contributed by atoms with van der Waals surface area (Å²) < 4.78 is 32.7. The summed E-state index contributed by atoms with van der Waals surface area (Å²) in [6.07, 6.45) is 1.29. The number of anilines is 1. The number of nitrogens with zero attached hydrogens (tertiary/aromatic N) is 2. The van der Waals surface area contributed by atoms with Crippen molar-refractivity contribution in [1.82, 2.24) is 10.2 Å². The zero-order valence-electron chi connectivity index (χ0n) is 13.8. The molecule has 1 unspecified atom stereocenters. The van der Waals surface area contributed by atoms with Gasteiger partial charge in [0.25, 0.3) is 0 Å². The summed E-state index contributed by atoms with van der Waals surface area (Å²) in [6, 6.07) is 4.91. The van der Waals surface area contributed by atoms with Crippen LogP contribution in [0.1, 0.15) is 28.3 Å². The second-order valence-electron chi connectivity index (χ2n) is 5.10. The first kappa shape index (κ1) is 20.3. The number of aromatic nitrogens is 2. The molecule has 1 aromatic carbocycles. The van der Waals surface area contributed by atoms with E-state index in [0.717, 1.165) is 11.3 Å². The van der Waals surface area contributed by atoms with E-state index in [1.165, 1.54) is 13.0 Å². The van der Waals surface area contributed by atoms with Crippen LogP contribution in [0.25, 0.3) is 0 Å². The molecule has 140 valence electrons. The molecule has 0 bridgehead atoms. The van der Waals surface area contributed by atoms with Gasteiger partial charge < -0.3 is 10.5 Å². The lowest BCUT2D eigenvalue weighted by molar-refractivity contribution is -0.142. The van der Waals surface area contributed by atoms with Crippen LogP contribution in [0.15, 0.2) is 30.9 Å². The lowest BCUT2D eigenvalue weighted by atomic mass is 10.0. The number of sulfonamides is 1. The van der Waals surface area contributed by atoms with Gasteiger partial charge in [-0.3, -0.25) is 9.52 Å². The number of halogens is 1. The van der Waals surface area contributed by atoms with E-state index < -0.39 is 21.2 Å². The van der Waals surface area contributed by atoms with Gasteiger partial charge in [-0.25, -0.2) is 8.42 Å². The highest BCUT2D eigenvalue weighted by molar-refractivity contribution is 7.93. The molecule has 26 heavy (non-hydrogen) atoms. The van der Waals surface area contributed by atoms with Gasteiger partial charge in [-0.15, -0.1) is 16.8 Å². The molecule has 1 aromatic heterocycles. The minimum atomic E-state index is -3.93. The van der Waals surface area contributed by atoms with E-state index in [-0.39, 0.29) is 18.3 Å². The summed E-state index contributed by atoms with van der Waals surface area (Å²) in [6.45, 7) is 4.88. The molecule has 0 aliphatic carbocycles. The average molecular weight is 417 g/mol. The van der Waals surface area contributed by atoms with Gasteiger partial charge in [0.15, 0.2) is 5.01 Å². The highest BCUT2D eigenvalue weighted by atomic mass is 35.5. The summed E-state index contributed by atoms with van der Waals surface area (Å²) >= 11 is 7.08. The Morgan fingerprint density at radius 2 is 2.23 bits per heavy atom. The number of carbonyl (C=O) groups excluding carboxylic acids is 1. The first-order valence-corrected chi connectivity index (χ1v) is 10.1. The summed E-state index contributed by atoms with van der Waals surface area (Å²) in [4.78, 5) is 10.8. The van der Waals surface area contributed by atoms with Crippen LogP contribution in [0.4, 0.5) is 5.13 Å². The van der Waals surface area contributed by atoms with Crippen molar-refractivity contribution in [3.8, 4) is 0 Å². The Hall–Kier alpha value is -2.01. The quantitative estimate of drug-likeness (QED) is 0.500. The summed E-state index contributed by atoms with van der Waals surface area (Å²) in [7, 11) is -3.93. The number of hydrogen-bond donors (Lipinski definition) is 2. The van der Waals surface area contributed by atoms with Gasteiger partial charge in [0, 0.05) is 18.5 Å². The van der Waals surface area contributed by atoms with Crippen LogP contribution in [-0.2, 0) is 32.7 Å². The lowest BCUT2D eigenvalue weighted by Crippen LogP contribution is -2.21. The van der Waals surface area contributed by atoms with Crippen LogP contribution < -0.4 is 10.5 Å². The molecule has 0 saturated carbocycles. The van der Waals surface area contributed by atoms with Gasteiger partial charge in [0.1, 0.15) is 11.9 Å². The third kappa shape index (κ3) is 4.79. The van der Waals surface area contributed by atoms with Crippen molar-refractivity contribution in [2.45, 2.75) is 25.3 Å². The van der Waals surface area contributed by atoms with Gasteiger partial charge in [-0.2, -0.15) is 0 Å². The fourth-order valence-corrected chi connectivity index (χ4v) is 4.68. The van der Waals surface area contributed by atoms with E-state index in [4.69, 9.17) is 22.1 Å². The van der Waals surface area contributed by atoms with Gasteiger partial charge in [-0.05, 0) is 17.2 Å². The Morgan fingerprint density at radius 3 is 2.85 bits per heavy atom. The second kappa shape index (κ2) is 8.58. The zero-order chi connectivity index (χ0) is 19.3. The number of nitrogens with two attached hydrogens (primary N) is 1. The first-order valence-electron chi connectivity index (χ1n) is 7.35. The Bertz CT molecular complexity index is 914. The number of benzene rings is 1. The Kier molecular flexibility index (Phi) is 6.70. The standard InChI is InChI=1S/C15H17ClN4O4S2/c1-3-13(10-5-4-6-12(16)11(10)7-17)26(22,23)20-15-19-18-14(25-15)8-24-9(2)21/h3-6,13H,1,7-8,17H2,2H3,(H,19,20). The molecule has 1 atom stereocenters. The lowest BCUT2D eigenvalue weighted by Gasteiger charge is -2.18. The summed E-state index contributed by atoms with van der Waals surface area (Å²) in [5, 5.41) is 7.24. The van der Waals surface area contributed by atoms with Crippen molar-refractivity contribution in [1.29, 1.82) is 0 Å². The molecule has 0 saturated heterocycles. The fraction of sp³-hybridized carbons (Fsp3) is 0.267. The Labute approximate surface area is 160 Å². The molecule has 3 N–H and O–H groups in total. The van der Waals surface area contributed by atoms with Crippen molar-refractivity contribution in [3.63, 3.8) is 0 Å². The molecule has 8 nitrogen and oxygen atoms in total. The molecule has 0 aliphatic rings. The number of hydrogen-bond acceptors (Lipinski definition) is 8. The maximum atomic E-state index is 12.8. The molecule has 2 rings (SSSR count). The van der Waals surface area contributed by atoms with E-state index in [9.17, 15) is 13.2 Å². The van der Waals surface area contributed by atoms with Crippen LogP contribution in [0.2, 0.25) is 5.02 Å². The molecule has 0 fully saturated rings. The van der Waals surface area contributed by atoms with E-state index in [0.29, 0.717) is 21.2 Å². The minimum absolute atomic E-state index is 0.0512. The van der Waals surface area contributed by atoms with E-state index >= 15 is 0 Å². The SMILES string of the molecule is C=CC(c1cccc(Cl)c1CN)S(=O)(=O)Nc1nnc(COC(C)=O)s1. The maximum absolute atomic E-state index is 12.8. The molecule has 2 aromatic rings. The van der Waals surface area contributed by atoms with Crippen molar-refractivity contribution >= 4 is 44.1 Å². The molecule has 0 radical (unpaired) electrons. The van der Waals surface area contributed by atoms with Gasteiger partial charge in [0.2, 0.25) is 15.2 Å². The Morgan fingerprint density at radius 1 is 1.50 bits per heavy atom. The van der Waals surface area contributed by atoms with Crippen molar-refractivity contribution in [3.05, 3.63) is 52.0 Å². The summed E-state index contributed by atoms with van der Waals surface area (Å²) in [5.74, 6) is -0.468. The topological polar surface area (TPSA) is 124 Å². The molecule has 0 spiro atoms. The third-order valence-corrected chi connectivity index (χ3v) is 6.20. The van der Waals surface area contributed by atoms with Crippen LogP contribution in [-0.4, -0.2) is 24.6 Å². The van der Waals surface area contributed by atoms with Crippen LogP contribution >= 0.6 is 22.9 Å². The second-order valence-corrected chi connectivity index (χ2v) is 8.37. The van der Waals surface area contributed by atoms with Gasteiger partial charge in [0.05, 0.1) is 0 Å². The molecular weight excluding hydrogens is 400 g/mol. The smallest absolute Gasteiger partial charge is 0.303 e. The van der Waals surface area contributed by atoms with Gasteiger partial charge >= 0.3 is 5.97 Å². The third-order valence-electron chi connectivity index (χ3n) is 3.31. The number of nitrogens with one attached hydrogen (secondary N) is 1. The monoisotopic (exact) mass is 416 g/mol. The highest BCUT2D eigenvalue weighted by Crippen LogP contribution is 2.32. The fourth-order valence-electron chi connectivity index (χ4n) is 2.18. The molecule has 11 heteroatoms. The Balaban J connectivity index is 2.27. The normalized spacial score (nSPS) is 12.4. The molecular formula is C15H17ClN4O4S2. The zero-order valence-corrected chi connectivity index (χ0v) is 16.2. The van der Waals surface area contributed by atoms with Crippen molar-refractivity contribution in [2.24, 2.45) is 5.73 Å². The van der Waals surface area contributed by atoms with E-state index in [2.05, 4.69) is 21.5 Å². The molecule has 0 aliphatic heterocycles. The van der Waals surface area contributed by atoms with E-state index in [1.54, 1.807) is 18.2 Å². The van der Waals surface area contributed by atoms with Crippen LogP contribution in [0.3, 0.4) is 0 Å². The predicted octanol–water partition coefficient (Wildman–Crippen LogP) is 2.38. The van der Waals surface area contributed by atoms with E-state index in [1.807, 2.05) is 0 Å². The van der Waals surface area contributed by atoms with Crippen LogP contribution in [0, 0.1) is 0 Å². The van der Waals surface area contributed by atoms with Gasteiger partial charge in [-0.1, -0.05) is 41.1 Å². The van der Waals surface area contributed by atoms with Crippen molar-refractivity contribution < 1.29 is 17.9 Å². The average Bonchev–Trinajstić information content (AvgIpc) is 3.00. The number of esters is 1. The minimum Gasteiger partial charge on any atom is -0.458 e.